The highest BCUT2D eigenvalue weighted by Crippen LogP contribution is 2.22. The average Bonchev–Trinajstić information content (AvgIpc) is 2.90. The Bertz CT molecular complexity index is 689. The summed E-state index contributed by atoms with van der Waals surface area (Å²) < 4.78 is 1.92. The monoisotopic (exact) mass is 278 g/mol. The predicted octanol–water partition coefficient (Wildman–Crippen LogP) is 3.16. The van der Waals surface area contributed by atoms with Gasteiger partial charge >= 0.3 is 0 Å². The van der Waals surface area contributed by atoms with E-state index in [9.17, 15) is 0 Å². The molecule has 2 aromatic heterocycles. The number of anilines is 1. The first-order chi connectivity index (χ1) is 10.3. The Balaban J connectivity index is 1.65. The van der Waals surface area contributed by atoms with Crippen molar-refractivity contribution < 1.29 is 0 Å². The van der Waals surface area contributed by atoms with Crippen molar-refractivity contribution in [3.63, 3.8) is 0 Å². The molecule has 2 N–H and O–H groups in total. The van der Waals surface area contributed by atoms with E-state index < -0.39 is 0 Å². The van der Waals surface area contributed by atoms with Crippen LogP contribution in [0.25, 0.3) is 11.3 Å². The van der Waals surface area contributed by atoms with Gasteiger partial charge in [0.1, 0.15) is 5.69 Å². The third kappa shape index (κ3) is 3.28. The van der Waals surface area contributed by atoms with Crippen LogP contribution >= 0.6 is 0 Å². The van der Waals surface area contributed by atoms with E-state index >= 15 is 0 Å². The molecule has 3 aromatic rings. The van der Waals surface area contributed by atoms with E-state index in [4.69, 9.17) is 5.73 Å². The molecule has 0 atom stereocenters. The van der Waals surface area contributed by atoms with Crippen LogP contribution in [0.4, 0.5) is 5.69 Å². The summed E-state index contributed by atoms with van der Waals surface area (Å²) in [5, 5.41) is 4.56. The zero-order valence-corrected chi connectivity index (χ0v) is 11.8. The normalized spacial score (nSPS) is 10.7. The van der Waals surface area contributed by atoms with Crippen molar-refractivity contribution in [2.75, 3.05) is 5.73 Å². The minimum absolute atomic E-state index is 0.697. The van der Waals surface area contributed by atoms with E-state index in [0.717, 1.165) is 30.6 Å². The average molecular weight is 278 g/mol. The molecule has 0 unspecified atom stereocenters. The van der Waals surface area contributed by atoms with Crippen LogP contribution in [0.2, 0.25) is 0 Å². The first-order valence-electron chi connectivity index (χ1n) is 7.10. The Labute approximate surface area is 124 Å². The molecule has 4 heteroatoms. The third-order valence-corrected chi connectivity index (χ3v) is 3.42. The van der Waals surface area contributed by atoms with Crippen molar-refractivity contribution in [1.29, 1.82) is 0 Å². The van der Waals surface area contributed by atoms with Gasteiger partial charge in [0.25, 0.3) is 0 Å². The Morgan fingerprint density at radius 3 is 2.67 bits per heavy atom. The first-order valence-corrected chi connectivity index (χ1v) is 7.10. The van der Waals surface area contributed by atoms with Crippen molar-refractivity contribution in [3.8, 4) is 11.3 Å². The van der Waals surface area contributed by atoms with Gasteiger partial charge in [-0.2, -0.15) is 5.10 Å². The van der Waals surface area contributed by atoms with Crippen molar-refractivity contribution in [3.05, 3.63) is 66.6 Å². The highest BCUT2D eigenvalue weighted by molar-refractivity contribution is 5.71. The second kappa shape index (κ2) is 6.22. The Kier molecular flexibility index (Phi) is 3.96. The minimum Gasteiger partial charge on any atom is -0.396 e. The summed E-state index contributed by atoms with van der Waals surface area (Å²) in [6.45, 7) is 0.860. The zero-order valence-electron chi connectivity index (χ0n) is 11.8. The van der Waals surface area contributed by atoms with Crippen LogP contribution in [0.5, 0.6) is 0 Å². The summed E-state index contributed by atoms with van der Waals surface area (Å²) in [6, 6.07) is 14.3. The maximum Gasteiger partial charge on any atom is 0.117 e. The number of aryl methyl sites for hydroxylation is 2. The molecular formula is C17H18N4. The fraction of sp³-hybridized carbons (Fsp3) is 0.176. The SMILES string of the molecule is Nc1cn(CCCc2ccccc2)nc1-c1cccnc1. The fourth-order valence-corrected chi connectivity index (χ4v) is 2.37. The second-order valence-corrected chi connectivity index (χ2v) is 5.03. The van der Waals surface area contributed by atoms with Gasteiger partial charge < -0.3 is 5.73 Å². The highest BCUT2D eigenvalue weighted by atomic mass is 15.3. The topological polar surface area (TPSA) is 56.7 Å². The maximum atomic E-state index is 6.05. The number of hydrogen-bond donors (Lipinski definition) is 1. The van der Waals surface area contributed by atoms with Gasteiger partial charge in [-0.1, -0.05) is 30.3 Å². The number of nitrogen functional groups attached to an aromatic ring is 1. The summed E-state index contributed by atoms with van der Waals surface area (Å²) in [5.41, 5.74) is 9.86. The minimum atomic E-state index is 0.697. The number of hydrogen-bond acceptors (Lipinski definition) is 3. The van der Waals surface area contributed by atoms with E-state index in [2.05, 4.69) is 34.3 Å². The number of nitrogens with zero attached hydrogens (tertiary/aromatic N) is 3. The molecule has 0 bridgehead atoms. The number of aromatic nitrogens is 3. The number of rotatable bonds is 5. The molecule has 0 aliphatic heterocycles. The predicted molar refractivity (Wildman–Crippen MR) is 84.6 cm³/mol. The highest BCUT2D eigenvalue weighted by Gasteiger charge is 2.08. The van der Waals surface area contributed by atoms with Crippen LogP contribution in [0.3, 0.4) is 0 Å². The van der Waals surface area contributed by atoms with Crippen molar-refractivity contribution >= 4 is 5.69 Å². The van der Waals surface area contributed by atoms with E-state index in [0.29, 0.717) is 5.69 Å². The second-order valence-electron chi connectivity index (χ2n) is 5.03. The summed E-state index contributed by atoms with van der Waals surface area (Å²) in [7, 11) is 0. The van der Waals surface area contributed by atoms with Gasteiger partial charge in [-0.05, 0) is 30.5 Å². The number of nitrogens with two attached hydrogens (primary N) is 1. The van der Waals surface area contributed by atoms with Crippen LogP contribution < -0.4 is 5.73 Å². The van der Waals surface area contributed by atoms with E-state index in [1.165, 1.54) is 5.56 Å². The Morgan fingerprint density at radius 2 is 1.90 bits per heavy atom. The molecule has 0 saturated heterocycles. The molecule has 4 nitrogen and oxygen atoms in total. The first kappa shape index (κ1) is 13.4. The molecule has 0 fully saturated rings. The van der Waals surface area contributed by atoms with Gasteiger partial charge in [0.05, 0.1) is 5.69 Å². The molecule has 0 spiro atoms. The van der Waals surface area contributed by atoms with Crippen LogP contribution in [0, 0.1) is 0 Å². The van der Waals surface area contributed by atoms with Crippen molar-refractivity contribution in [2.45, 2.75) is 19.4 Å². The van der Waals surface area contributed by atoms with E-state index in [1.54, 1.807) is 12.4 Å². The van der Waals surface area contributed by atoms with E-state index in [-0.39, 0.29) is 0 Å². The standard InChI is InChI=1S/C17H18N4/c18-16-13-21(11-5-8-14-6-2-1-3-7-14)20-17(16)15-9-4-10-19-12-15/h1-4,6-7,9-10,12-13H,5,8,11,18H2. The van der Waals surface area contributed by atoms with Crippen LogP contribution in [0.1, 0.15) is 12.0 Å². The lowest BCUT2D eigenvalue weighted by molar-refractivity contribution is 0.580. The van der Waals surface area contributed by atoms with Crippen LogP contribution in [-0.4, -0.2) is 14.8 Å². The summed E-state index contributed by atoms with van der Waals surface area (Å²) in [6.07, 6.45) is 7.51. The fourth-order valence-electron chi connectivity index (χ4n) is 2.37. The van der Waals surface area contributed by atoms with Gasteiger partial charge in [0.15, 0.2) is 0 Å². The van der Waals surface area contributed by atoms with Crippen LogP contribution in [-0.2, 0) is 13.0 Å². The summed E-state index contributed by atoms with van der Waals surface area (Å²) in [4.78, 5) is 4.11. The Morgan fingerprint density at radius 1 is 1.05 bits per heavy atom. The van der Waals surface area contributed by atoms with Crippen molar-refractivity contribution in [1.82, 2.24) is 14.8 Å². The molecule has 0 saturated carbocycles. The molecule has 0 radical (unpaired) electrons. The van der Waals surface area contributed by atoms with Gasteiger partial charge in [0.2, 0.25) is 0 Å². The Hall–Kier alpha value is -2.62. The molecule has 0 aliphatic rings. The molecule has 2 heterocycles. The zero-order chi connectivity index (χ0) is 14.5. The lowest BCUT2D eigenvalue weighted by Gasteiger charge is -2.02. The molecule has 0 amide bonds. The lowest BCUT2D eigenvalue weighted by atomic mass is 10.1. The molecule has 21 heavy (non-hydrogen) atoms. The van der Waals surface area contributed by atoms with Crippen LogP contribution in [0.15, 0.2) is 61.1 Å². The number of pyridine rings is 1. The van der Waals surface area contributed by atoms with E-state index in [1.807, 2.05) is 29.1 Å². The lowest BCUT2D eigenvalue weighted by Crippen LogP contribution is -2.00. The molecule has 106 valence electrons. The maximum absolute atomic E-state index is 6.05. The third-order valence-electron chi connectivity index (χ3n) is 3.42. The molecule has 0 aliphatic carbocycles. The number of benzene rings is 1. The summed E-state index contributed by atoms with van der Waals surface area (Å²) >= 11 is 0. The summed E-state index contributed by atoms with van der Waals surface area (Å²) in [5.74, 6) is 0. The van der Waals surface area contributed by atoms with Gasteiger partial charge in [-0.15, -0.1) is 0 Å². The quantitative estimate of drug-likeness (QED) is 0.780. The smallest absolute Gasteiger partial charge is 0.117 e. The molecular weight excluding hydrogens is 260 g/mol. The molecule has 3 rings (SSSR count). The van der Waals surface area contributed by atoms with Gasteiger partial charge in [-0.3, -0.25) is 9.67 Å². The van der Waals surface area contributed by atoms with Gasteiger partial charge in [0, 0.05) is 30.7 Å². The van der Waals surface area contributed by atoms with Gasteiger partial charge in [-0.25, -0.2) is 0 Å². The largest absolute Gasteiger partial charge is 0.396 e. The van der Waals surface area contributed by atoms with Crippen molar-refractivity contribution in [2.24, 2.45) is 0 Å². The molecule has 1 aromatic carbocycles.